The van der Waals surface area contributed by atoms with Crippen molar-refractivity contribution in [2.45, 2.75) is 13.8 Å². The van der Waals surface area contributed by atoms with Gasteiger partial charge in [0.15, 0.2) is 0 Å². The van der Waals surface area contributed by atoms with E-state index >= 15 is 0 Å². The minimum Gasteiger partial charge on any atom is -0.0919 e. The van der Waals surface area contributed by atoms with Crippen LogP contribution in [0.25, 0.3) is 0 Å². The molecule has 0 aliphatic carbocycles. The van der Waals surface area contributed by atoms with Crippen molar-refractivity contribution in [2.75, 3.05) is 0 Å². The summed E-state index contributed by atoms with van der Waals surface area (Å²) in [5, 5.41) is 0. The number of hydrogen-bond acceptors (Lipinski definition) is 0. The average Bonchev–Trinajstić information content (AvgIpc) is 1.36. The van der Waals surface area contributed by atoms with Gasteiger partial charge < -0.3 is 0 Å². The van der Waals surface area contributed by atoms with Gasteiger partial charge in [-0.1, -0.05) is 12.1 Å². The molecular formula is C4H8. The Hall–Kier alpha value is -0.260. The van der Waals surface area contributed by atoms with Crippen LogP contribution < -0.4 is 0 Å². The third kappa shape index (κ3) is 1.74. The predicted octanol–water partition coefficient (Wildman–Crippen LogP) is 1.58. The highest BCUT2D eigenvalue weighted by molar-refractivity contribution is 4.68. The van der Waals surface area contributed by atoms with Crippen molar-refractivity contribution in [3.05, 3.63) is 12.1 Å². The minimum atomic E-state index is 0.343. The zero-order valence-electron chi connectivity index (χ0n) is 5.00. The number of rotatable bonds is 0. The molecule has 0 atom stereocenters. The quantitative estimate of drug-likeness (QED) is 0.371. The zero-order valence-corrected chi connectivity index (χ0v) is 3.00. The maximum absolute atomic E-state index is 6.72. The molecular weight excluding hydrogens is 48.0 g/mol. The number of hydrogen-bond donors (Lipinski definition) is 0. The van der Waals surface area contributed by atoms with Crippen LogP contribution in [0.2, 0.25) is 0 Å². The summed E-state index contributed by atoms with van der Waals surface area (Å²) in [4.78, 5) is 0. The van der Waals surface area contributed by atoms with Crippen LogP contribution in [0, 0.1) is 0 Å². The summed E-state index contributed by atoms with van der Waals surface area (Å²) in [6.45, 7) is 3.20. The van der Waals surface area contributed by atoms with E-state index in [1.807, 2.05) is 0 Å². The molecule has 0 heteroatoms. The van der Waals surface area contributed by atoms with Gasteiger partial charge in [0, 0.05) is 0 Å². The highest BCUT2D eigenvalue weighted by atomic mass is 13.4. The molecule has 0 heterocycles. The first kappa shape index (κ1) is 1.25. The molecule has 0 aliphatic rings. The second-order valence-corrected chi connectivity index (χ2v) is 0.500. The molecule has 0 amide bonds. The van der Waals surface area contributed by atoms with Gasteiger partial charge in [0.2, 0.25) is 0 Å². The molecule has 0 aliphatic heterocycles. The molecule has 24 valence electrons. The van der Waals surface area contributed by atoms with Crippen LogP contribution in [0.3, 0.4) is 0 Å². The summed E-state index contributed by atoms with van der Waals surface area (Å²) in [6.07, 6.45) is 0. The fraction of sp³-hybridized carbons (Fsp3) is 0.500. The van der Waals surface area contributed by atoms with Gasteiger partial charge in [0.05, 0.1) is 2.74 Å². The fourth-order valence-corrected chi connectivity index (χ4v) is 0. The minimum absolute atomic E-state index is 0.343. The van der Waals surface area contributed by atoms with E-state index in [0.717, 1.165) is 0 Å². The lowest BCUT2D eigenvalue weighted by Crippen LogP contribution is -1.26. The standard InChI is InChI=1S/C4H8/c1-3-4-2/h3-4H,1-2H3/b4-3+/i3D,4D. The Balaban J connectivity index is 3.68. The van der Waals surface area contributed by atoms with Gasteiger partial charge >= 0.3 is 0 Å². The monoisotopic (exact) mass is 58.1 g/mol. The maximum atomic E-state index is 6.72. The van der Waals surface area contributed by atoms with E-state index < -0.39 is 0 Å². The Morgan fingerprint density at radius 1 is 1.50 bits per heavy atom. The molecule has 0 bridgehead atoms. The van der Waals surface area contributed by atoms with Crippen molar-refractivity contribution < 1.29 is 2.74 Å². The normalized spacial score (nSPS) is 21.5. The van der Waals surface area contributed by atoms with Crippen LogP contribution in [-0.4, -0.2) is 0 Å². The Bertz CT molecular complexity index is 55.6. The van der Waals surface area contributed by atoms with E-state index in [9.17, 15) is 0 Å². The molecule has 0 unspecified atom stereocenters. The van der Waals surface area contributed by atoms with Crippen molar-refractivity contribution in [1.29, 1.82) is 0 Å². The molecule has 0 saturated carbocycles. The van der Waals surface area contributed by atoms with Gasteiger partial charge in [-0.15, -0.1) is 0 Å². The zero-order chi connectivity index (χ0) is 5.15. The molecule has 0 fully saturated rings. The van der Waals surface area contributed by atoms with Crippen molar-refractivity contribution in [3.8, 4) is 0 Å². The lowest BCUT2D eigenvalue weighted by atomic mass is 10.6. The number of allylic oxidation sites excluding steroid dienone is 2. The van der Waals surface area contributed by atoms with Crippen LogP contribution in [0.1, 0.15) is 16.6 Å². The van der Waals surface area contributed by atoms with Gasteiger partial charge in [-0.3, -0.25) is 0 Å². The van der Waals surface area contributed by atoms with Gasteiger partial charge in [0.1, 0.15) is 0 Å². The Labute approximate surface area is 30.0 Å². The van der Waals surface area contributed by atoms with Crippen molar-refractivity contribution in [3.63, 3.8) is 0 Å². The highest BCUT2D eigenvalue weighted by Crippen LogP contribution is 1.57. The summed E-state index contributed by atoms with van der Waals surface area (Å²) in [5.74, 6) is 0. The van der Waals surface area contributed by atoms with Gasteiger partial charge in [-0.25, -0.2) is 0 Å². The average molecular weight is 58.1 g/mol. The van der Waals surface area contributed by atoms with Crippen LogP contribution in [-0.2, 0) is 0 Å². The van der Waals surface area contributed by atoms with Crippen LogP contribution in [0.4, 0.5) is 0 Å². The third-order valence-electron chi connectivity index (χ3n) is 0.250. The highest BCUT2D eigenvalue weighted by Gasteiger charge is 1.34. The maximum Gasteiger partial charge on any atom is 0.0569 e. The predicted molar refractivity (Wildman–Crippen MR) is 20.5 cm³/mol. The van der Waals surface area contributed by atoms with E-state index in [4.69, 9.17) is 2.74 Å². The topological polar surface area (TPSA) is 0 Å². The van der Waals surface area contributed by atoms with E-state index in [2.05, 4.69) is 0 Å². The molecule has 0 rings (SSSR count). The molecule has 4 heavy (non-hydrogen) atoms. The third-order valence-corrected chi connectivity index (χ3v) is 0.250. The Morgan fingerprint density at radius 2 is 1.75 bits per heavy atom. The molecule has 0 aromatic rings. The summed E-state index contributed by atoms with van der Waals surface area (Å²) >= 11 is 0. The van der Waals surface area contributed by atoms with E-state index in [1.165, 1.54) is 0 Å². The molecule has 0 aromatic carbocycles. The Kier molecular flexibility index (Phi) is 0.856. The molecule has 0 spiro atoms. The second-order valence-electron chi connectivity index (χ2n) is 0.500. The largest absolute Gasteiger partial charge is 0.0919 e. The summed E-state index contributed by atoms with van der Waals surface area (Å²) < 4.78 is 13.4. The lowest BCUT2D eigenvalue weighted by molar-refractivity contribution is 1.64. The SMILES string of the molecule is [2H]/C(C)=C(/[2H])C. The molecule has 0 nitrogen and oxygen atoms in total. The smallest absolute Gasteiger partial charge is 0.0569 e. The lowest BCUT2D eigenvalue weighted by Gasteiger charge is -1.49. The molecule has 0 saturated heterocycles. The molecule has 0 radical (unpaired) electrons. The Morgan fingerprint density at radius 3 is 1.75 bits per heavy atom. The van der Waals surface area contributed by atoms with Crippen LogP contribution in [0.5, 0.6) is 0 Å². The second kappa shape index (κ2) is 2.74. The summed E-state index contributed by atoms with van der Waals surface area (Å²) in [7, 11) is 0. The van der Waals surface area contributed by atoms with Gasteiger partial charge in [-0.05, 0) is 13.8 Å². The summed E-state index contributed by atoms with van der Waals surface area (Å²) in [5.41, 5.74) is 0. The first-order valence-corrected chi connectivity index (χ1v) is 1.25. The first-order valence-electron chi connectivity index (χ1n) is 2.25. The van der Waals surface area contributed by atoms with E-state index in [1.54, 1.807) is 13.8 Å². The van der Waals surface area contributed by atoms with E-state index in [0.29, 0.717) is 12.1 Å². The fourth-order valence-electron chi connectivity index (χ4n) is 0. The van der Waals surface area contributed by atoms with Crippen molar-refractivity contribution in [1.82, 2.24) is 0 Å². The first-order chi connectivity index (χ1) is 2.64. The van der Waals surface area contributed by atoms with Gasteiger partial charge in [0.25, 0.3) is 0 Å². The van der Waals surface area contributed by atoms with Crippen molar-refractivity contribution in [2.24, 2.45) is 0 Å². The summed E-state index contributed by atoms with van der Waals surface area (Å²) in [6, 6.07) is 0.685. The van der Waals surface area contributed by atoms with E-state index in [-0.39, 0.29) is 0 Å². The van der Waals surface area contributed by atoms with Crippen molar-refractivity contribution >= 4 is 0 Å². The van der Waals surface area contributed by atoms with Crippen LogP contribution >= 0.6 is 0 Å². The van der Waals surface area contributed by atoms with Gasteiger partial charge in [-0.2, -0.15) is 0 Å². The molecule has 0 aromatic heterocycles. The molecule has 0 N–H and O–H groups in total. The van der Waals surface area contributed by atoms with Crippen LogP contribution in [0.15, 0.2) is 12.1 Å².